The number of phenolic OH excluding ortho intramolecular Hbond substituents is 2. The van der Waals surface area contributed by atoms with Crippen molar-refractivity contribution in [3.63, 3.8) is 0 Å². The van der Waals surface area contributed by atoms with E-state index in [4.69, 9.17) is 23.2 Å². The first kappa shape index (κ1) is 36.8. The number of hydrogen-bond donors (Lipinski definition) is 4. The van der Waals surface area contributed by atoms with Gasteiger partial charge >= 0.3 is 29.6 Å². The number of benzene rings is 4. The van der Waals surface area contributed by atoms with E-state index in [9.17, 15) is 19.8 Å². The van der Waals surface area contributed by atoms with Crippen LogP contribution in [0.1, 0.15) is 45.7 Å². The van der Waals surface area contributed by atoms with Gasteiger partial charge in [0.15, 0.2) is 0 Å². The Bertz CT molecular complexity index is 1800. The second-order valence-electron chi connectivity index (χ2n) is 9.94. The van der Waals surface area contributed by atoms with Gasteiger partial charge in [-0.2, -0.15) is 10.2 Å². The molecule has 0 heterocycles. The van der Waals surface area contributed by atoms with Gasteiger partial charge in [-0.15, -0.1) is 0 Å². The molecule has 0 aliphatic heterocycles. The van der Waals surface area contributed by atoms with Crippen molar-refractivity contribution in [1.82, 2.24) is 0 Å². The zero-order valence-corrected chi connectivity index (χ0v) is 29.8. The van der Waals surface area contributed by atoms with Crippen molar-refractivity contribution in [2.24, 2.45) is 10.2 Å². The van der Waals surface area contributed by atoms with Crippen LogP contribution >= 0.6 is 23.2 Å². The Morgan fingerprint density at radius 1 is 0.587 bits per heavy atom. The summed E-state index contributed by atoms with van der Waals surface area (Å²) in [7, 11) is 0. The minimum absolute atomic E-state index is 0. The van der Waals surface area contributed by atoms with Crippen LogP contribution < -0.4 is 40.4 Å². The molecular formula is C34H26Cl2CrN4NaO4+. The van der Waals surface area contributed by atoms with Gasteiger partial charge in [0.05, 0.1) is 11.4 Å². The quantitative estimate of drug-likeness (QED) is 0.132. The van der Waals surface area contributed by atoms with Crippen molar-refractivity contribution >= 4 is 68.7 Å². The van der Waals surface area contributed by atoms with Crippen LogP contribution in [0.15, 0.2) is 107 Å². The molecule has 0 radical (unpaired) electrons. The molecule has 0 atom stereocenters. The molecular weight excluding hydrogens is 674 g/mol. The Kier molecular flexibility index (Phi) is 13.0. The van der Waals surface area contributed by atoms with E-state index in [0.717, 1.165) is 22.3 Å². The number of nitrogens with one attached hydrogen (secondary N) is 2. The summed E-state index contributed by atoms with van der Waals surface area (Å²) in [4.78, 5) is 24.9. The number of carbonyl (C=O) groups is 2. The summed E-state index contributed by atoms with van der Waals surface area (Å²) >= 11 is 11.8. The maximum Gasteiger partial charge on any atom is 1.00 e. The number of halogens is 2. The molecule has 4 N–H and O–H groups in total. The number of anilines is 2. The van der Waals surface area contributed by atoms with Gasteiger partial charge in [0, 0.05) is 38.5 Å². The van der Waals surface area contributed by atoms with Crippen LogP contribution in [0.5, 0.6) is 11.5 Å². The van der Waals surface area contributed by atoms with Gasteiger partial charge in [0.1, 0.15) is 22.9 Å². The summed E-state index contributed by atoms with van der Waals surface area (Å²) in [5, 5.41) is 28.6. The third kappa shape index (κ3) is 8.38. The molecule has 2 aliphatic rings. The van der Waals surface area contributed by atoms with Crippen LogP contribution in [0.4, 0.5) is 11.4 Å². The van der Waals surface area contributed by atoms with E-state index in [0.29, 0.717) is 32.5 Å². The first-order chi connectivity index (χ1) is 21.1. The number of fused-ring (bicyclic) bond motifs is 2. The molecule has 46 heavy (non-hydrogen) atoms. The first-order valence-corrected chi connectivity index (χ1v) is 14.2. The van der Waals surface area contributed by atoms with E-state index in [1.165, 1.54) is 12.1 Å². The van der Waals surface area contributed by atoms with Crippen LogP contribution in [0, 0.1) is 0 Å². The molecule has 0 fully saturated rings. The van der Waals surface area contributed by atoms with Crippen molar-refractivity contribution in [1.29, 1.82) is 0 Å². The number of hydrogen-bond acceptors (Lipinski definition) is 8. The molecule has 4 aromatic rings. The number of hydrazone groups is 2. The predicted octanol–water partition coefficient (Wildman–Crippen LogP) is 5.23. The molecule has 12 heteroatoms. The fraction of sp³-hybridized carbons (Fsp3) is 0.0588. The Hall–Kier alpha value is -3.65. The molecule has 0 aromatic heterocycles. The third-order valence-electron chi connectivity index (χ3n) is 6.88. The number of Topliss-reactive ketones (excluding diaryl/α,β-unsaturated/α-hetero) is 2. The fourth-order valence-electron chi connectivity index (χ4n) is 4.63. The number of rotatable bonds is 4. The molecule has 0 saturated heterocycles. The van der Waals surface area contributed by atoms with E-state index in [2.05, 4.69) is 21.1 Å². The molecule has 0 amide bonds. The Labute approximate surface area is 309 Å². The Morgan fingerprint density at radius 2 is 0.935 bits per heavy atom. The molecule has 8 nitrogen and oxygen atoms in total. The molecule has 2 aliphatic carbocycles. The Morgan fingerprint density at radius 3 is 1.30 bits per heavy atom. The molecule has 226 valence electrons. The van der Waals surface area contributed by atoms with Gasteiger partial charge in [-0.05, 0) is 84.7 Å². The molecule has 6 rings (SSSR count). The van der Waals surface area contributed by atoms with Gasteiger partial charge in [0.2, 0.25) is 11.6 Å². The SMILES string of the molecule is CC1=C/C(=N/Nc2cc(Cl)ccc2O)C(=O)c2ccccc21.CC1=C/C(=N/Nc2cc(Cl)ccc2O)C(=O)c2ccccc21.[Cr].[Na+]. The van der Waals surface area contributed by atoms with Gasteiger partial charge in [-0.3, -0.25) is 20.4 Å². The zero-order valence-electron chi connectivity index (χ0n) is 25.0. The average molecular weight is 700 g/mol. The number of aromatic hydroxyl groups is 2. The van der Waals surface area contributed by atoms with Crippen molar-refractivity contribution in [3.05, 3.63) is 129 Å². The van der Waals surface area contributed by atoms with Crippen LogP contribution in [0.25, 0.3) is 11.1 Å². The summed E-state index contributed by atoms with van der Waals surface area (Å²) in [6.07, 6.45) is 3.44. The van der Waals surface area contributed by atoms with E-state index < -0.39 is 0 Å². The summed E-state index contributed by atoms with van der Waals surface area (Å²) in [6.45, 7) is 3.86. The van der Waals surface area contributed by atoms with Crippen molar-refractivity contribution in [2.75, 3.05) is 10.9 Å². The third-order valence-corrected chi connectivity index (χ3v) is 7.35. The van der Waals surface area contributed by atoms with Crippen LogP contribution in [-0.2, 0) is 17.4 Å². The second-order valence-corrected chi connectivity index (χ2v) is 10.8. The number of phenols is 2. The number of allylic oxidation sites excluding steroid dienone is 4. The monoisotopic (exact) mass is 699 g/mol. The van der Waals surface area contributed by atoms with Gasteiger partial charge < -0.3 is 10.2 Å². The maximum atomic E-state index is 12.4. The van der Waals surface area contributed by atoms with E-state index in [1.54, 1.807) is 48.6 Å². The number of carbonyl (C=O) groups excluding carboxylic acids is 2. The van der Waals surface area contributed by atoms with Crippen LogP contribution in [0.2, 0.25) is 10.0 Å². The topological polar surface area (TPSA) is 123 Å². The normalized spacial score (nSPS) is 14.8. The molecule has 0 unspecified atom stereocenters. The maximum absolute atomic E-state index is 12.4. The van der Waals surface area contributed by atoms with Gasteiger partial charge in [-0.1, -0.05) is 71.7 Å². The molecule has 0 saturated carbocycles. The zero-order chi connectivity index (χ0) is 31.4. The average Bonchev–Trinajstić information content (AvgIpc) is 3.02. The summed E-state index contributed by atoms with van der Waals surface area (Å²) in [5.41, 5.74) is 11.7. The number of nitrogens with zero attached hydrogens (tertiary/aromatic N) is 2. The standard InChI is InChI=1S/2C17H13ClN2O2.Cr.Na/c2*1-10-8-15(17(22)13-5-3-2-4-12(10)13)20-19-14-9-11(18)6-7-16(14)21;;/h2*2-9,19,21H,1H3;;/q;;;+1/b2*20-15-;;. The smallest absolute Gasteiger partial charge is 0.506 e. The summed E-state index contributed by atoms with van der Waals surface area (Å²) in [6, 6.07) is 24.0. The largest absolute Gasteiger partial charge is 1.00 e. The van der Waals surface area contributed by atoms with Crippen molar-refractivity contribution in [3.8, 4) is 11.5 Å². The minimum atomic E-state index is -0.157. The minimum Gasteiger partial charge on any atom is -0.506 e. The predicted molar refractivity (Wildman–Crippen MR) is 177 cm³/mol. The summed E-state index contributed by atoms with van der Waals surface area (Å²) < 4.78 is 0. The first-order valence-electron chi connectivity index (χ1n) is 13.4. The Balaban J connectivity index is 0.000000240. The fourth-order valence-corrected chi connectivity index (χ4v) is 4.97. The van der Waals surface area contributed by atoms with Crippen molar-refractivity contribution in [2.45, 2.75) is 13.8 Å². The summed E-state index contributed by atoms with van der Waals surface area (Å²) in [5.74, 6) is -0.290. The molecule has 0 bridgehead atoms. The van der Waals surface area contributed by atoms with Crippen LogP contribution in [-0.4, -0.2) is 33.2 Å². The van der Waals surface area contributed by atoms with Gasteiger partial charge in [0.25, 0.3) is 0 Å². The van der Waals surface area contributed by atoms with Crippen LogP contribution in [0.3, 0.4) is 0 Å². The van der Waals surface area contributed by atoms with E-state index >= 15 is 0 Å². The second kappa shape index (κ2) is 16.3. The van der Waals surface area contributed by atoms with E-state index in [-0.39, 0.29) is 81.4 Å². The van der Waals surface area contributed by atoms with Gasteiger partial charge in [-0.25, -0.2) is 0 Å². The van der Waals surface area contributed by atoms with E-state index in [1.807, 2.05) is 50.2 Å². The van der Waals surface area contributed by atoms with Crippen molar-refractivity contribution < 1.29 is 66.7 Å². The molecule has 0 spiro atoms. The molecule has 4 aromatic carbocycles. The number of ketones is 2.